The van der Waals surface area contributed by atoms with Gasteiger partial charge in [0.2, 0.25) is 0 Å². The molecule has 0 aliphatic rings. The van der Waals surface area contributed by atoms with Crippen molar-refractivity contribution in [1.29, 1.82) is 0 Å². The molecule has 0 aliphatic carbocycles. The van der Waals surface area contributed by atoms with E-state index in [4.69, 9.17) is 5.14 Å². The van der Waals surface area contributed by atoms with E-state index in [1.54, 1.807) is 6.33 Å². The summed E-state index contributed by atoms with van der Waals surface area (Å²) >= 11 is 0. The molecule has 0 spiro atoms. The third-order valence-corrected chi connectivity index (χ3v) is 4.46. The fourth-order valence-corrected chi connectivity index (χ4v) is 2.90. The first-order valence-electron chi connectivity index (χ1n) is 7.47. The molecule has 0 saturated carbocycles. The molecule has 0 saturated heterocycles. The highest BCUT2D eigenvalue weighted by molar-refractivity contribution is 7.96. The van der Waals surface area contributed by atoms with Crippen LogP contribution in [0.2, 0.25) is 0 Å². The molecule has 1 aromatic carbocycles. The number of hydrogen-bond acceptors (Lipinski definition) is 3. The molecular weight excluding hydrogens is 296 g/mol. The average Bonchev–Trinajstić information content (AvgIpc) is 2.43. The number of rotatable bonds is 7. The first-order chi connectivity index (χ1) is 10.4. The van der Waals surface area contributed by atoms with E-state index in [1.165, 1.54) is 11.1 Å². The van der Waals surface area contributed by atoms with Gasteiger partial charge in [0.15, 0.2) is 0 Å². The van der Waals surface area contributed by atoms with E-state index < -0.39 is 9.89 Å². The summed E-state index contributed by atoms with van der Waals surface area (Å²) in [6, 6.07) is 4.29. The lowest BCUT2D eigenvalue weighted by atomic mass is 10.0. The van der Waals surface area contributed by atoms with Crippen LogP contribution in [0.3, 0.4) is 0 Å². The predicted octanol–water partition coefficient (Wildman–Crippen LogP) is 2.05. The molecule has 0 fully saturated rings. The first-order valence-corrected chi connectivity index (χ1v) is 9.26. The lowest BCUT2D eigenvalue weighted by Gasteiger charge is -2.08. The first kappa shape index (κ1) is 16.9. The molecule has 2 rings (SSSR count). The van der Waals surface area contributed by atoms with Crippen molar-refractivity contribution in [3.63, 3.8) is 0 Å². The van der Waals surface area contributed by atoms with Crippen LogP contribution in [0.25, 0.3) is 10.9 Å². The Morgan fingerprint density at radius 2 is 1.91 bits per heavy atom. The number of aryl methyl sites for hydroxylation is 3. The molecule has 1 aromatic heterocycles. The number of benzene rings is 1. The van der Waals surface area contributed by atoms with Gasteiger partial charge in [-0.3, -0.25) is 0 Å². The fourth-order valence-electron chi connectivity index (χ4n) is 2.41. The summed E-state index contributed by atoms with van der Waals surface area (Å²) in [5.74, 6) is 3.36. The summed E-state index contributed by atoms with van der Waals surface area (Å²) in [6.07, 6.45) is 5.54. The van der Waals surface area contributed by atoms with E-state index >= 15 is 0 Å². The summed E-state index contributed by atoms with van der Waals surface area (Å²) in [7, 11) is -2.57. The van der Waals surface area contributed by atoms with Crippen molar-refractivity contribution in [1.82, 2.24) is 14.7 Å². The van der Waals surface area contributed by atoms with Crippen LogP contribution >= 0.6 is 0 Å². The van der Waals surface area contributed by atoms with Gasteiger partial charge in [-0.25, -0.2) is 24.0 Å². The Labute approximate surface area is 132 Å². The SMILES string of the molecule is C=S(N)(=O)NCCCCCc1ncnc2cc(C)c(C)cc12. The number of unbranched alkanes of at least 4 members (excludes halogenated alkanes) is 2. The molecular formula is C16H24N4OS. The van der Waals surface area contributed by atoms with Crippen molar-refractivity contribution < 1.29 is 4.21 Å². The Bertz CT molecular complexity index is 756. The molecule has 6 heteroatoms. The van der Waals surface area contributed by atoms with Crippen molar-refractivity contribution in [3.8, 4) is 0 Å². The van der Waals surface area contributed by atoms with Crippen molar-refractivity contribution in [2.75, 3.05) is 6.54 Å². The number of hydrogen-bond donors (Lipinski definition) is 2. The molecule has 0 radical (unpaired) electrons. The van der Waals surface area contributed by atoms with Gasteiger partial charge < -0.3 is 0 Å². The second-order valence-corrected chi connectivity index (χ2v) is 7.45. The molecule has 3 N–H and O–H groups in total. The third kappa shape index (κ3) is 4.76. The van der Waals surface area contributed by atoms with E-state index in [-0.39, 0.29) is 0 Å². The third-order valence-electron chi connectivity index (χ3n) is 3.77. The zero-order valence-corrected chi connectivity index (χ0v) is 14.1. The Hall–Kier alpha value is -1.50. The molecule has 1 unspecified atom stereocenters. The number of nitrogens with two attached hydrogens (primary N) is 1. The van der Waals surface area contributed by atoms with Crippen molar-refractivity contribution in [2.24, 2.45) is 5.14 Å². The van der Waals surface area contributed by atoms with Gasteiger partial charge in [-0.1, -0.05) is 6.42 Å². The van der Waals surface area contributed by atoms with Gasteiger partial charge in [-0.15, -0.1) is 0 Å². The number of nitrogens with zero attached hydrogens (tertiary/aromatic N) is 2. The summed E-state index contributed by atoms with van der Waals surface area (Å²) < 4.78 is 13.9. The average molecular weight is 320 g/mol. The monoisotopic (exact) mass is 320 g/mol. The van der Waals surface area contributed by atoms with Crippen LogP contribution in [0.5, 0.6) is 0 Å². The van der Waals surface area contributed by atoms with Crippen LogP contribution in [-0.4, -0.2) is 26.6 Å². The zero-order chi connectivity index (χ0) is 16.2. The van der Waals surface area contributed by atoms with Crippen LogP contribution in [0.15, 0.2) is 18.5 Å². The predicted molar refractivity (Wildman–Crippen MR) is 94.0 cm³/mol. The van der Waals surface area contributed by atoms with Crippen LogP contribution in [0.1, 0.15) is 36.1 Å². The second-order valence-electron chi connectivity index (χ2n) is 5.71. The van der Waals surface area contributed by atoms with Gasteiger partial charge in [0.25, 0.3) is 0 Å². The van der Waals surface area contributed by atoms with Gasteiger partial charge in [0.1, 0.15) is 6.33 Å². The van der Waals surface area contributed by atoms with Gasteiger partial charge in [0.05, 0.1) is 21.1 Å². The topological polar surface area (TPSA) is 80.9 Å². The van der Waals surface area contributed by atoms with Crippen molar-refractivity contribution in [3.05, 3.63) is 35.3 Å². The maximum atomic E-state index is 11.2. The molecule has 22 heavy (non-hydrogen) atoms. The van der Waals surface area contributed by atoms with E-state index in [2.05, 4.69) is 46.5 Å². The van der Waals surface area contributed by atoms with E-state index in [0.717, 1.165) is 42.3 Å². The quantitative estimate of drug-likeness (QED) is 0.605. The van der Waals surface area contributed by atoms with Crippen LogP contribution in [0, 0.1) is 13.8 Å². The highest BCUT2D eigenvalue weighted by Crippen LogP contribution is 2.21. The number of nitrogens with one attached hydrogen (secondary N) is 1. The smallest absolute Gasteiger partial charge is 0.116 e. The van der Waals surface area contributed by atoms with Gasteiger partial charge in [0, 0.05) is 11.9 Å². The molecule has 0 aliphatic heterocycles. The highest BCUT2D eigenvalue weighted by atomic mass is 32.2. The molecule has 0 bridgehead atoms. The van der Waals surface area contributed by atoms with Crippen LogP contribution in [0.4, 0.5) is 0 Å². The van der Waals surface area contributed by atoms with E-state index in [1.807, 2.05) is 0 Å². The van der Waals surface area contributed by atoms with Gasteiger partial charge in [-0.2, -0.15) is 0 Å². The van der Waals surface area contributed by atoms with Gasteiger partial charge >= 0.3 is 0 Å². The molecule has 2 aromatic rings. The van der Waals surface area contributed by atoms with Crippen molar-refractivity contribution >= 4 is 26.7 Å². The van der Waals surface area contributed by atoms with E-state index in [0.29, 0.717) is 6.54 Å². The Balaban J connectivity index is 1.93. The maximum absolute atomic E-state index is 11.2. The lowest BCUT2D eigenvalue weighted by Crippen LogP contribution is -2.31. The molecule has 120 valence electrons. The van der Waals surface area contributed by atoms with E-state index in [9.17, 15) is 4.21 Å². The normalized spacial score (nSPS) is 14.1. The molecule has 0 amide bonds. The standard InChI is InChI=1S/C16H24N4OS/c1-12-9-14-15(18-11-19-16(14)10-13(12)2)7-5-4-6-8-20-22(3,17)21/h9-11H,3-8H2,1-2H3,(H3,17,20,21). The fraction of sp³-hybridized carbons (Fsp3) is 0.438. The minimum absolute atomic E-state index is 0.627. The Morgan fingerprint density at radius 3 is 2.64 bits per heavy atom. The van der Waals surface area contributed by atoms with Crippen LogP contribution in [-0.2, 0) is 16.3 Å². The van der Waals surface area contributed by atoms with Crippen molar-refractivity contribution in [2.45, 2.75) is 39.5 Å². The summed E-state index contributed by atoms with van der Waals surface area (Å²) in [6.45, 7) is 4.84. The summed E-state index contributed by atoms with van der Waals surface area (Å²) in [5.41, 5.74) is 4.62. The largest absolute Gasteiger partial charge is 0.248 e. The minimum atomic E-state index is -2.57. The van der Waals surface area contributed by atoms with Gasteiger partial charge in [-0.05, 0) is 62.2 Å². The zero-order valence-electron chi connectivity index (χ0n) is 13.3. The van der Waals surface area contributed by atoms with Crippen LogP contribution < -0.4 is 9.86 Å². The maximum Gasteiger partial charge on any atom is 0.116 e. The minimum Gasteiger partial charge on any atom is -0.248 e. The lowest BCUT2D eigenvalue weighted by molar-refractivity contribution is 0.643. The highest BCUT2D eigenvalue weighted by Gasteiger charge is 2.06. The Morgan fingerprint density at radius 1 is 1.18 bits per heavy atom. The Kier molecular flexibility index (Phi) is 5.50. The second kappa shape index (κ2) is 7.17. The molecule has 1 heterocycles. The number of fused-ring (bicyclic) bond motifs is 1. The molecule has 5 nitrogen and oxygen atoms in total. The molecule has 1 atom stereocenters. The number of aromatic nitrogens is 2. The summed E-state index contributed by atoms with van der Waals surface area (Å²) in [5, 5.41) is 6.46. The summed E-state index contributed by atoms with van der Waals surface area (Å²) in [4.78, 5) is 8.79.